The van der Waals surface area contributed by atoms with Crippen LogP contribution in [0.15, 0.2) is 28.5 Å². The molecule has 0 aliphatic carbocycles. The highest BCUT2D eigenvalue weighted by atomic mass is 32.2. The molecule has 2 rings (SSSR count). The summed E-state index contributed by atoms with van der Waals surface area (Å²) < 4.78 is 26.6. The van der Waals surface area contributed by atoms with E-state index in [1.165, 1.54) is 17.4 Å². The van der Waals surface area contributed by atoms with Gasteiger partial charge in [-0.05, 0) is 19.1 Å². The van der Waals surface area contributed by atoms with Gasteiger partial charge in [-0.3, -0.25) is 10.1 Å². The Morgan fingerprint density at radius 3 is 2.76 bits per heavy atom. The predicted molar refractivity (Wildman–Crippen MR) is 78.4 cm³/mol. The zero-order valence-corrected chi connectivity index (χ0v) is 12.6. The van der Waals surface area contributed by atoms with Crippen LogP contribution >= 0.6 is 11.3 Å². The van der Waals surface area contributed by atoms with Gasteiger partial charge in [0.25, 0.3) is 5.69 Å². The molecule has 1 aromatic carbocycles. The third-order valence-electron chi connectivity index (χ3n) is 2.58. The van der Waals surface area contributed by atoms with Crippen LogP contribution in [-0.4, -0.2) is 18.3 Å². The van der Waals surface area contributed by atoms with Gasteiger partial charge in [0.2, 0.25) is 10.0 Å². The van der Waals surface area contributed by atoms with Gasteiger partial charge in [0.15, 0.2) is 4.90 Å². The quantitative estimate of drug-likeness (QED) is 0.485. The van der Waals surface area contributed by atoms with Crippen molar-refractivity contribution in [3.05, 3.63) is 44.4 Å². The highest BCUT2D eigenvalue weighted by Gasteiger charge is 2.25. The van der Waals surface area contributed by atoms with Gasteiger partial charge < -0.3 is 5.73 Å². The molecule has 0 bridgehead atoms. The second kappa shape index (κ2) is 5.76. The number of aryl methyl sites for hydroxylation is 1. The maximum atomic E-state index is 12.2. The van der Waals surface area contributed by atoms with Gasteiger partial charge in [0.05, 0.1) is 22.2 Å². The molecule has 0 amide bonds. The third kappa shape index (κ3) is 3.54. The van der Waals surface area contributed by atoms with Crippen molar-refractivity contribution < 1.29 is 13.3 Å². The van der Waals surface area contributed by atoms with Crippen LogP contribution in [0.3, 0.4) is 0 Å². The maximum Gasteiger partial charge on any atom is 0.291 e. The van der Waals surface area contributed by atoms with E-state index < -0.39 is 25.5 Å². The number of hydrogen-bond acceptors (Lipinski definition) is 7. The molecule has 0 saturated heterocycles. The van der Waals surface area contributed by atoms with Crippen LogP contribution in [0.4, 0.5) is 11.4 Å². The van der Waals surface area contributed by atoms with E-state index in [9.17, 15) is 18.5 Å². The van der Waals surface area contributed by atoms with E-state index in [1.807, 2.05) is 0 Å². The molecule has 8 nitrogen and oxygen atoms in total. The zero-order chi connectivity index (χ0) is 15.6. The third-order valence-corrected chi connectivity index (χ3v) is 4.85. The number of aromatic nitrogens is 1. The van der Waals surface area contributed by atoms with E-state index in [1.54, 1.807) is 12.3 Å². The SMILES string of the molecule is Cc1nc(CNS(=O)(=O)c2ccc(N)cc2[N+](=O)[O-])cs1. The first kappa shape index (κ1) is 15.4. The highest BCUT2D eigenvalue weighted by Crippen LogP contribution is 2.26. The van der Waals surface area contributed by atoms with Crippen LogP contribution in [0, 0.1) is 17.0 Å². The van der Waals surface area contributed by atoms with E-state index in [-0.39, 0.29) is 12.2 Å². The number of benzene rings is 1. The lowest BCUT2D eigenvalue weighted by atomic mass is 10.3. The molecule has 21 heavy (non-hydrogen) atoms. The monoisotopic (exact) mass is 328 g/mol. The summed E-state index contributed by atoms with van der Waals surface area (Å²) in [5.41, 5.74) is 5.57. The van der Waals surface area contributed by atoms with Crippen molar-refractivity contribution in [2.45, 2.75) is 18.4 Å². The van der Waals surface area contributed by atoms with Crippen LogP contribution in [0.5, 0.6) is 0 Å². The molecule has 0 saturated carbocycles. The Hall–Kier alpha value is -2.04. The second-order valence-electron chi connectivity index (χ2n) is 4.17. The lowest BCUT2D eigenvalue weighted by Gasteiger charge is -2.06. The summed E-state index contributed by atoms with van der Waals surface area (Å²) >= 11 is 1.39. The molecule has 0 aliphatic heterocycles. The van der Waals surface area contributed by atoms with E-state index >= 15 is 0 Å². The van der Waals surface area contributed by atoms with Crippen LogP contribution in [-0.2, 0) is 16.6 Å². The number of thiazole rings is 1. The summed E-state index contributed by atoms with van der Waals surface area (Å²) in [6, 6.07) is 3.43. The van der Waals surface area contributed by atoms with Crippen LogP contribution < -0.4 is 10.5 Å². The molecule has 1 aromatic heterocycles. The van der Waals surface area contributed by atoms with Gasteiger partial charge >= 0.3 is 0 Å². The second-order valence-corrected chi connectivity index (χ2v) is 6.96. The van der Waals surface area contributed by atoms with Crippen LogP contribution in [0.2, 0.25) is 0 Å². The van der Waals surface area contributed by atoms with Gasteiger partial charge in [0, 0.05) is 17.1 Å². The van der Waals surface area contributed by atoms with Crippen molar-refractivity contribution in [3.63, 3.8) is 0 Å². The molecule has 1 heterocycles. The first-order valence-electron chi connectivity index (χ1n) is 5.74. The summed E-state index contributed by atoms with van der Waals surface area (Å²) in [6.45, 7) is 1.77. The van der Waals surface area contributed by atoms with Crippen molar-refractivity contribution in [1.82, 2.24) is 9.71 Å². The lowest BCUT2D eigenvalue weighted by Crippen LogP contribution is -2.24. The summed E-state index contributed by atoms with van der Waals surface area (Å²) in [5, 5.41) is 13.5. The first-order chi connectivity index (χ1) is 9.79. The zero-order valence-electron chi connectivity index (χ0n) is 10.9. The number of nitrogen functional groups attached to an aromatic ring is 1. The number of nitrogens with zero attached hydrogens (tertiary/aromatic N) is 2. The molecule has 10 heteroatoms. The van der Waals surface area contributed by atoms with E-state index in [0.717, 1.165) is 17.1 Å². The average molecular weight is 328 g/mol. The number of anilines is 1. The summed E-state index contributed by atoms with van der Waals surface area (Å²) in [6.07, 6.45) is 0. The number of nitro groups is 1. The number of sulfonamides is 1. The standard InChI is InChI=1S/C11H12N4O4S2/c1-7-14-9(6-20-7)5-13-21(18,19)11-3-2-8(12)4-10(11)15(16)17/h2-4,6,13H,5,12H2,1H3. The molecule has 0 fully saturated rings. The fourth-order valence-electron chi connectivity index (χ4n) is 1.64. The molecule has 112 valence electrons. The van der Waals surface area contributed by atoms with Crippen LogP contribution in [0.25, 0.3) is 0 Å². The van der Waals surface area contributed by atoms with Crippen molar-refractivity contribution in [1.29, 1.82) is 0 Å². The number of nitrogens with two attached hydrogens (primary N) is 1. The summed E-state index contributed by atoms with van der Waals surface area (Å²) in [4.78, 5) is 13.9. The van der Waals surface area contributed by atoms with Gasteiger partial charge in [-0.25, -0.2) is 18.1 Å². The average Bonchev–Trinajstić information content (AvgIpc) is 2.82. The molecular formula is C11H12N4O4S2. The van der Waals surface area contributed by atoms with Crippen molar-refractivity contribution >= 4 is 32.7 Å². The molecule has 0 aliphatic rings. The maximum absolute atomic E-state index is 12.2. The van der Waals surface area contributed by atoms with Crippen molar-refractivity contribution in [3.8, 4) is 0 Å². The lowest BCUT2D eigenvalue weighted by molar-refractivity contribution is -0.387. The van der Waals surface area contributed by atoms with E-state index in [2.05, 4.69) is 9.71 Å². The molecule has 3 N–H and O–H groups in total. The van der Waals surface area contributed by atoms with Crippen molar-refractivity contribution in [2.24, 2.45) is 0 Å². The molecular weight excluding hydrogens is 316 g/mol. The van der Waals surface area contributed by atoms with Gasteiger partial charge in [0.1, 0.15) is 0 Å². The smallest absolute Gasteiger partial charge is 0.291 e. The minimum atomic E-state index is -4.02. The Balaban J connectivity index is 2.29. The molecule has 0 radical (unpaired) electrons. The largest absolute Gasteiger partial charge is 0.399 e. The summed E-state index contributed by atoms with van der Waals surface area (Å²) in [7, 11) is -4.02. The van der Waals surface area contributed by atoms with Gasteiger partial charge in [-0.15, -0.1) is 11.3 Å². The molecule has 0 unspecified atom stereocenters. The first-order valence-corrected chi connectivity index (χ1v) is 8.10. The number of rotatable bonds is 5. The Morgan fingerprint density at radius 1 is 1.48 bits per heavy atom. The Bertz CT molecular complexity index is 785. The fourth-order valence-corrected chi connectivity index (χ4v) is 3.40. The number of hydrogen-bond donors (Lipinski definition) is 2. The highest BCUT2D eigenvalue weighted by molar-refractivity contribution is 7.89. The Labute approximate surface area is 124 Å². The number of nitro benzene ring substituents is 1. The van der Waals surface area contributed by atoms with Gasteiger partial charge in [-0.1, -0.05) is 0 Å². The molecule has 0 spiro atoms. The fraction of sp³-hybridized carbons (Fsp3) is 0.182. The summed E-state index contributed by atoms with van der Waals surface area (Å²) in [5.74, 6) is 0. The molecule has 2 aromatic rings. The normalized spacial score (nSPS) is 11.5. The minimum Gasteiger partial charge on any atom is -0.399 e. The number of nitrogens with one attached hydrogen (secondary N) is 1. The van der Waals surface area contributed by atoms with E-state index in [4.69, 9.17) is 5.73 Å². The molecule has 0 atom stereocenters. The Morgan fingerprint density at radius 2 is 2.19 bits per heavy atom. The Kier molecular flexibility index (Phi) is 4.21. The topological polar surface area (TPSA) is 128 Å². The van der Waals surface area contributed by atoms with E-state index in [0.29, 0.717) is 5.69 Å². The van der Waals surface area contributed by atoms with Gasteiger partial charge in [-0.2, -0.15) is 0 Å². The minimum absolute atomic E-state index is 0.0335. The predicted octanol–water partition coefficient (Wildman–Crippen LogP) is 1.42. The van der Waals surface area contributed by atoms with Crippen molar-refractivity contribution in [2.75, 3.05) is 5.73 Å². The van der Waals surface area contributed by atoms with Crippen LogP contribution in [0.1, 0.15) is 10.7 Å².